The van der Waals surface area contributed by atoms with Crippen molar-refractivity contribution in [2.24, 2.45) is 17.8 Å². The predicted octanol–water partition coefficient (Wildman–Crippen LogP) is 5.49. The van der Waals surface area contributed by atoms with Crippen LogP contribution in [0.4, 0.5) is 0 Å². The van der Waals surface area contributed by atoms with Gasteiger partial charge in [0.2, 0.25) is 0 Å². The van der Waals surface area contributed by atoms with Crippen molar-refractivity contribution < 1.29 is 19.1 Å². The molecule has 5 heteroatoms. The van der Waals surface area contributed by atoms with E-state index in [4.69, 9.17) is 9.47 Å². The molecule has 1 amide bonds. The zero-order valence-electron chi connectivity index (χ0n) is 20.5. The molecule has 174 valence electrons. The molecule has 5 nitrogen and oxygen atoms in total. The molecule has 1 N–H and O–H groups in total. The Kier molecular flexibility index (Phi) is 11.4. The molecule has 1 aliphatic heterocycles. The number of amides is 1. The molecule has 1 aliphatic rings. The SMILES string of the molecule is CCC=C(OC)C(=O)N[C@@H](C)C=C(C)C=C(C)C=CC[C@H](C)[C@H]1OC(=O)[C@H](C)C[C@@H]1C. The Morgan fingerprint density at radius 2 is 1.94 bits per heavy atom. The number of allylic oxidation sites excluding steroid dienone is 6. The number of carbonyl (C=O) groups excluding carboxylic acids is 2. The van der Waals surface area contributed by atoms with E-state index in [9.17, 15) is 9.59 Å². The number of methoxy groups -OCH3 is 1. The summed E-state index contributed by atoms with van der Waals surface area (Å²) in [5.74, 6) is 0.748. The van der Waals surface area contributed by atoms with Gasteiger partial charge in [-0.1, -0.05) is 63.1 Å². The molecular weight excluding hydrogens is 390 g/mol. The summed E-state index contributed by atoms with van der Waals surface area (Å²) in [6.45, 7) is 14.2. The van der Waals surface area contributed by atoms with E-state index < -0.39 is 0 Å². The summed E-state index contributed by atoms with van der Waals surface area (Å²) >= 11 is 0. The second-order valence-corrected chi connectivity index (χ2v) is 8.87. The third-order valence-electron chi connectivity index (χ3n) is 5.55. The van der Waals surface area contributed by atoms with Gasteiger partial charge in [-0.2, -0.15) is 0 Å². The highest BCUT2D eigenvalue weighted by atomic mass is 16.5. The van der Waals surface area contributed by atoms with Crippen LogP contribution < -0.4 is 5.32 Å². The van der Waals surface area contributed by atoms with E-state index in [1.807, 2.05) is 33.8 Å². The molecule has 1 saturated heterocycles. The first-order valence-electron chi connectivity index (χ1n) is 11.4. The van der Waals surface area contributed by atoms with Gasteiger partial charge < -0.3 is 14.8 Å². The van der Waals surface area contributed by atoms with Crippen LogP contribution in [0.5, 0.6) is 0 Å². The molecule has 0 bridgehead atoms. The van der Waals surface area contributed by atoms with Crippen LogP contribution >= 0.6 is 0 Å². The smallest absolute Gasteiger partial charge is 0.308 e. The molecule has 0 saturated carbocycles. The van der Waals surface area contributed by atoms with Gasteiger partial charge in [0.25, 0.3) is 5.91 Å². The zero-order chi connectivity index (χ0) is 23.6. The molecule has 0 aromatic carbocycles. The highest BCUT2D eigenvalue weighted by Crippen LogP contribution is 2.31. The normalized spacial score (nSPS) is 25.2. The highest BCUT2D eigenvalue weighted by molar-refractivity contribution is 5.91. The first kappa shape index (κ1) is 26.7. The lowest BCUT2D eigenvalue weighted by Crippen LogP contribution is -2.39. The lowest BCUT2D eigenvalue weighted by molar-refractivity contribution is -0.168. The minimum atomic E-state index is -0.206. The van der Waals surface area contributed by atoms with Gasteiger partial charge >= 0.3 is 5.97 Å². The molecule has 0 radical (unpaired) electrons. The van der Waals surface area contributed by atoms with Crippen LogP contribution in [-0.4, -0.2) is 31.1 Å². The lowest BCUT2D eigenvalue weighted by Gasteiger charge is -2.35. The first-order chi connectivity index (χ1) is 14.6. The van der Waals surface area contributed by atoms with E-state index in [-0.39, 0.29) is 35.9 Å². The highest BCUT2D eigenvalue weighted by Gasteiger charge is 2.35. The van der Waals surface area contributed by atoms with Crippen LogP contribution in [0.3, 0.4) is 0 Å². The van der Waals surface area contributed by atoms with Crippen molar-refractivity contribution in [3.63, 3.8) is 0 Å². The van der Waals surface area contributed by atoms with E-state index in [0.717, 1.165) is 30.4 Å². The number of cyclic esters (lactones) is 1. The number of hydrogen-bond acceptors (Lipinski definition) is 4. The van der Waals surface area contributed by atoms with E-state index >= 15 is 0 Å². The number of esters is 1. The van der Waals surface area contributed by atoms with Gasteiger partial charge in [-0.25, -0.2) is 0 Å². The van der Waals surface area contributed by atoms with Gasteiger partial charge in [-0.05, 0) is 57.9 Å². The summed E-state index contributed by atoms with van der Waals surface area (Å²) in [7, 11) is 1.51. The monoisotopic (exact) mass is 431 g/mol. The van der Waals surface area contributed by atoms with E-state index in [0.29, 0.717) is 11.7 Å². The molecule has 0 spiro atoms. The summed E-state index contributed by atoms with van der Waals surface area (Å²) in [4.78, 5) is 24.1. The second-order valence-electron chi connectivity index (χ2n) is 8.87. The molecule has 1 heterocycles. The third-order valence-corrected chi connectivity index (χ3v) is 5.55. The molecule has 0 aromatic rings. The van der Waals surface area contributed by atoms with Crippen LogP contribution in [0, 0.1) is 17.8 Å². The van der Waals surface area contributed by atoms with Gasteiger partial charge in [0.05, 0.1) is 13.0 Å². The Morgan fingerprint density at radius 3 is 2.55 bits per heavy atom. The maximum Gasteiger partial charge on any atom is 0.308 e. The second kappa shape index (κ2) is 13.2. The Bertz CT molecular complexity index is 732. The summed E-state index contributed by atoms with van der Waals surface area (Å²) in [5, 5.41) is 2.93. The molecule has 5 atom stereocenters. The molecular formula is C26H41NO4. The number of ether oxygens (including phenoxy) is 2. The maximum absolute atomic E-state index is 12.2. The quantitative estimate of drug-likeness (QED) is 0.215. The van der Waals surface area contributed by atoms with Crippen LogP contribution in [0.25, 0.3) is 0 Å². The van der Waals surface area contributed by atoms with Gasteiger partial charge in [-0.3, -0.25) is 9.59 Å². The van der Waals surface area contributed by atoms with Gasteiger partial charge in [0, 0.05) is 6.04 Å². The topological polar surface area (TPSA) is 64.6 Å². The zero-order valence-corrected chi connectivity index (χ0v) is 20.5. The molecule has 1 rings (SSSR count). The maximum atomic E-state index is 12.2. The van der Waals surface area contributed by atoms with E-state index in [1.54, 1.807) is 6.08 Å². The molecule has 0 aliphatic carbocycles. The van der Waals surface area contributed by atoms with Crippen LogP contribution in [0.1, 0.15) is 67.7 Å². The Morgan fingerprint density at radius 1 is 1.26 bits per heavy atom. The van der Waals surface area contributed by atoms with Crippen LogP contribution in [0.2, 0.25) is 0 Å². The average Bonchev–Trinajstić information content (AvgIpc) is 2.68. The standard InChI is InChI=1S/C26H41NO4/c1-9-11-23(30-8)25(28)27-22(7)15-18(3)14-17(2)12-10-13-19(4)24-20(5)16-21(6)26(29)31-24/h10-12,14-15,19-22,24H,9,13,16H2,1-8H3,(H,27,28)/t19-,20-,21+,22-,24+/m0/s1. The minimum Gasteiger partial charge on any atom is -0.491 e. The fraction of sp³-hybridized carbons (Fsp3) is 0.615. The fourth-order valence-corrected chi connectivity index (χ4v) is 4.06. The van der Waals surface area contributed by atoms with Crippen molar-refractivity contribution in [1.82, 2.24) is 5.32 Å². The van der Waals surface area contributed by atoms with Crippen LogP contribution in [-0.2, 0) is 19.1 Å². The number of carbonyl (C=O) groups is 2. The van der Waals surface area contributed by atoms with Crippen LogP contribution in [0.15, 0.2) is 47.3 Å². The summed E-state index contributed by atoms with van der Waals surface area (Å²) in [5.41, 5.74) is 2.20. The van der Waals surface area contributed by atoms with Crippen molar-refractivity contribution in [3.05, 3.63) is 47.3 Å². The van der Waals surface area contributed by atoms with E-state index in [1.165, 1.54) is 7.11 Å². The Balaban J connectivity index is 2.61. The molecule has 1 fully saturated rings. The minimum absolute atomic E-state index is 0.00450. The average molecular weight is 432 g/mol. The van der Waals surface area contributed by atoms with Gasteiger partial charge in [0.1, 0.15) is 6.10 Å². The Labute approximate surface area is 188 Å². The van der Waals surface area contributed by atoms with Crippen molar-refractivity contribution >= 4 is 11.9 Å². The summed E-state index contributed by atoms with van der Waals surface area (Å²) in [6, 6.07) is -0.110. The number of rotatable bonds is 10. The van der Waals surface area contributed by atoms with Gasteiger partial charge in [0.15, 0.2) is 5.76 Å². The molecule has 0 unspecified atom stereocenters. The fourth-order valence-electron chi connectivity index (χ4n) is 4.06. The third kappa shape index (κ3) is 9.16. The number of nitrogens with one attached hydrogen (secondary N) is 1. The molecule has 0 aromatic heterocycles. The predicted molar refractivity (Wildman–Crippen MR) is 126 cm³/mol. The van der Waals surface area contributed by atoms with Crippen molar-refractivity contribution in [2.75, 3.05) is 7.11 Å². The van der Waals surface area contributed by atoms with Crippen molar-refractivity contribution in [3.8, 4) is 0 Å². The Hall–Kier alpha value is -2.30. The largest absolute Gasteiger partial charge is 0.491 e. The van der Waals surface area contributed by atoms with Crippen molar-refractivity contribution in [2.45, 2.75) is 79.9 Å². The summed E-state index contributed by atoms with van der Waals surface area (Å²) < 4.78 is 10.8. The van der Waals surface area contributed by atoms with Gasteiger partial charge in [-0.15, -0.1) is 0 Å². The summed E-state index contributed by atoms with van der Waals surface area (Å²) in [6.07, 6.45) is 12.6. The number of hydrogen-bond donors (Lipinski definition) is 1. The van der Waals surface area contributed by atoms with Crippen molar-refractivity contribution in [1.29, 1.82) is 0 Å². The van der Waals surface area contributed by atoms with E-state index in [2.05, 4.69) is 44.3 Å². The molecule has 31 heavy (non-hydrogen) atoms. The lowest BCUT2D eigenvalue weighted by atomic mass is 9.83. The first-order valence-corrected chi connectivity index (χ1v) is 11.4.